The van der Waals surface area contributed by atoms with Gasteiger partial charge in [-0.1, -0.05) is 44.2 Å². The average molecular weight is 547 g/mol. The Morgan fingerprint density at radius 2 is 1.55 bits per heavy atom. The van der Waals surface area contributed by atoms with Gasteiger partial charge >= 0.3 is 5.97 Å². The Kier molecular flexibility index (Phi) is 9.04. The summed E-state index contributed by atoms with van der Waals surface area (Å²) in [5.74, 6) is 0.534. The number of anilines is 1. The summed E-state index contributed by atoms with van der Waals surface area (Å²) in [4.78, 5) is 19.6. The second-order valence-corrected chi connectivity index (χ2v) is 12.2. The Bertz CT molecular complexity index is 1270. The Labute approximate surface area is 238 Å². The molecule has 7 heteroatoms. The van der Waals surface area contributed by atoms with Crippen LogP contribution in [0.1, 0.15) is 64.8 Å². The van der Waals surface area contributed by atoms with E-state index in [1.54, 1.807) is 0 Å². The molecule has 0 unspecified atom stereocenters. The van der Waals surface area contributed by atoms with Gasteiger partial charge in [-0.3, -0.25) is 4.98 Å². The van der Waals surface area contributed by atoms with Gasteiger partial charge in [-0.05, 0) is 75.8 Å². The molecule has 1 atom stereocenters. The van der Waals surface area contributed by atoms with Gasteiger partial charge in [-0.15, -0.1) is 0 Å². The van der Waals surface area contributed by atoms with E-state index < -0.39 is 17.7 Å². The average Bonchev–Trinajstić information content (AvgIpc) is 2.90. The molecule has 0 aliphatic carbocycles. The lowest BCUT2D eigenvalue weighted by molar-refractivity contribution is -0.160. The van der Waals surface area contributed by atoms with Gasteiger partial charge in [0, 0.05) is 36.1 Å². The molecular weight excluding hydrogens is 504 g/mol. The molecule has 1 N–H and O–H groups in total. The Hall–Kier alpha value is -3.58. The van der Waals surface area contributed by atoms with Crippen LogP contribution in [0.3, 0.4) is 0 Å². The number of para-hydroxylation sites is 1. The molecule has 0 radical (unpaired) electrons. The van der Waals surface area contributed by atoms with Gasteiger partial charge in [-0.2, -0.15) is 0 Å². The van der Waals surface area contributed by atoms with E-state index in [1.165, 1.54) is 0 Å². The Morgan fingerprint density at radius 3 is 2.10 bits per heavy atom. The number of hydrogen-bond acceptors (Lipinski definition) is 6. The van der Waals surface area contributed by atoms with Crippen molar-refractivity contribution in [3.8, 4) is 22.6 Å². The fourth-order valence-electron chi connectivity index (χ4n) is 4.96. The van der Waals surface area contributed by atoms with Crippen LogP contribution in [-0.4, -0.2) is 48.0 Å². The summed E-state index contributed by atoms with van der Waals surface area (Å²) in [6, 6.07) is 17.5. The first-order chi connectivity index (χ1) is 18.9. The zero-order valence-electron chi connectivity index (χ0n) is 24.6. The number of piperidine rings is 1. The normalized spacial score (nSPS) is 15.9. The van der Waals surface area contributed by atoms with E-state index in [0.29, 0.717) is 24.5 Å². The van der Waals surface area contributed by atoms with E-state index in [9.17, 15) is 9.90 Å². The number of pyridine rings is 1. The molecule has 214 valence electrons. The molecule has 1 aliphatic rings. The van der Waals surface area contributed by atoms with Crippen molar-refractivity contribution in [1.82, 2.24) is 4.98 Å². The van der Waals surface area contributed by atoms with Crippen molar-refractivity contribution in [3.63, 3.8) is 0 Å². The van der Waals surface area contributed by atoms with Crippen LogP contribution in [0.15, 0.2) is 60.8 Å². The maximum atomic E-state index is 12.6. The van der Waals surface area contributed by atoms with Crippen LogP contribution in [0.2, 0.25) is 0 Å². The summed E-state index contributed by atoms with van der Waals surface area (Å²) in [5.41, 5.74) is 3.62. The van der Waals surface area contributed by atoms with Crippen molar-refractivity contribution in [3.05, 3.63) is 72.1 Å². The van der Waals surface area contributed by atoms with Crippen molar-refractivity contribution < 1.29 is 24.1 Å². The number of carboxylic acid groups (broad SMARTS) is 1. The Balaban J connectivity index is 1.63. The van der Waals surface area contributed by atoms with Gasteiger partial charge in [0.2, 0.25) is 0 Å². The van der Waals surface area contributed by atoms with Crippen LogP contribution in [0.25, 0.3) is 11.1 Å². The molecule has 3 aromatic rings. The minimum Gasteiger partial charge on any atom is -0.490 e. The molecule has 1 aromatic heterocycles. The molecule has 2 heterocycles. The summed E-state index contributed by atoms with van der Waals surface area (Å²) in [7, 11) is 0. The molecule has 1 aliphatic heterocycles. The number of aromatic nitrogens is 1. The van der Waals surface area contributed by atoms with Gasteiger partial charge in [0.15, 0.2) is 6.10 Å². The predicted molar refractivity (Wildman–Crippen MR) is 158 cm³/mol. The monoisotopic (exact) mass is 546 g/mol. The summed E-state index contributed by atoms with van der Waals surface area (Å²) >= 11 is 0. The first kappa shape index (κ1) is 29.4. The maximum absolute atomic E-state index is 12.6. The summed E-state index contributed by atoms with van der Waals surface area (Å²) < 4.78 is 17.8. The van der Waals surface area contributed by atoms with Crippen molar-refractivity contribution in [1.29, 1.82) is 0 Å². The third-order valence-electron chi connectivity index (χ3n) is 7.21. The van der Waals surface area contributed by atoms with Crippen molar-refractivity contribution in [2.45, 2.75) is 66.1 Å². The summed E-state index contributed by atoms with van der Waals surface area (Å²) in [6.45, 7) is 14.6. The second-order valence-electron chi connectivity index (χ2n) is 12.2. The number of rotatable bonds is 10. The highest BCUT2D eigenvalue weighted by Crippen LogP contribution is 2.43. The van der Waals surface area contributed by atoms with Crippen LogP contribution in [0, 0.1) is 12.3 Å². The van der Waals surface area contributed by atoms with Gasteiger partial charge in [-0.25, -0.2) is 4.79 Å². The lowest BCUT2D eigenvalue weighted by Gasteiger charge is -2.41. The van der Waals surface area contributed by atoms with E-state index in [4.69, 9.17) is 14.2 Å². The lowest BCUT2D eigenvalue weighted by atomic mass is 9.82. The second kappa shape index (κ2) is 12.3. The lowest BCUT2D eigenvalue weighted by Crippen LogP contribution is -2.39. The highest BCUT2D eigenvalue weighted by Gasteiger charge is 2.35. The van der Waals surface area contributed by atoms with Crippen molar-refractivity contribution in [2.24, 2.45) is 5.41 Å². The molecule has 2 aromatic carbocycles. The maximum Gasteiger partial charge on any atom is 0.337 e. The minimum atomic E-state index is -1.13. The molecule has 40 heavy (non-hydrogen) atoms. The number of aryl methyl sites for hydroxylation is 1. The fourth-order valence-corrected chi connectivity index (χ4v) is 4.96. The minimum absolute atomic E-state index is 0.246. The van der Waals surface area contributed by atoms with Gasteiger partial charge in [0.1, 0.15) is 24.7 Å². The smallest absolute Gasteiger partial charge is 0.337 e. The molecular formula is C33H42N2O5. The van der Waals surface area contributed by atoms with Gasteiger partial charge in [0.05, 0.1) is 11.3 Å². The SMILES string of the molecule is Cc1ncc(-c2ccc(OCCOc3ccccc3)cc2)c(N2CCC(C)(C)CC2)c1[C@H](OC(C)(C)C)C(=O)O. The zero-order valence-corrected chi connectivity index (χ0v) is 24.6. The van der Waals surface area contributed by atoms with E-state index in [-0.39, 0.29) is 5.41 Å². The van der Waals surface area contributed by atoms with E-state index in [1.807, 2.05) is 88.5 Å². The molecule has 7 nitrogen and oxygen atoms in total. The fraction of sp³-hybridized carbons (Fsp3) is 0.455. The highest BCUT2D eigenvalue weighted by atomic mass is 16.5. The van der Waals surface area contributed by atoms with Crippen LogP contribution >= 0.6 is 0 Å². The summed E-state index contributed by atoms with van der Waals surface area (Å²) in [5, 5.41) is 10.3. The molecule has 0 amide bonds. The first-order valence-electron chi connectivity index (χ1n) is 14.0. The zero-order chi connectivity index (χ0) is 28.9. The molecule has 0 saturated carbocycles. The number of ether oxygens (including phenoxy) is 3. The van der Waals surface area contributed by atoms with Gasteiger partial charge in [0.25, 0.3) is 0 Å². The van der Waals surface area contributed by atoms with E-state index in [0.717, 1.165) is 54.2 Å². The number of hydrogen-bond donors (Lipinski definition) is 1. The number of carboxylic acids is 1. The molecule has 4 rings (SSSR count). The molecule has 1 saturated heterocycles. The number of benzene rings is 2. The molecule has 1 fully saturated rings. The number of aliphatic carboxylic acids is 1. The quantitative estimate of drug-likeness (QED) is 0.272. The largest absolute Gasteiger partial charge is 0.490 e. The van der Waals surface area contributed by atoms with Crippen LogP contribution < -0.4 is 14.4 Å². The standard InChI is InChI=1S/C33H42N2O5/c1-23-28(30(31(36)37)40-32(2,3)4)29(35-18-16-33(5,6)17-19-35)27(22-34-23)24-12-14-26(15-13-24)39-21-20-38-25-10-8-7-9-11-25/h7-15,22,30H,16-21H2,1-6H3,(H,36,37)/t30-/m0/s1. The molecule has 0 spiro atoms. The van der Waals surface area contributed by atoms with Crippen molar-refractivity contribution >= 4 is 11.7 Å². The third kappa shape index (κ3) is 7.54. The van der Waals surface area contributed by atoms with E-state index in [2.05, 4.69) is 23.7 Å². The van der Waals surface area contributed by atoms with Crippen LogP contribution in [0.5, 0.6) is 11.5 Å². The molecule has 0 bridgehead atoms. The third-order valence-corrected chi connectivity index (χ3v) is 7.21. The Morgan fingerprint density at radius 1 is 0.975 bits per heavy atom. The first-order valence-corrected chi connectivity index (χ1v) is 14.0. The van der Waals surface area contributed by atoms with E-state index >= 15 is 0 Å². The number of carbonyl (C=O) groups is 1. The summed E-state index contributed by atoms with van der Waals surface area (Å²) in [6.07, 6.45) is 2.75. The highest BCUT2D eigenvalue weighted by molar-refractivity contribution is 5.86. The number of nitrogens with zero attached hydrogens (tertiary/aromatic N) is 2. The van der Waals surface area contributed by atoms with Crippen LogP contribution in [0.4, 0.5) is 5.69 Å². The van der Waals surface area contributed by atoms with Crippen molar-refractivity contribution in [2.75, 3.05) is 31.2 Å². The van der Waals surface area contributed by atoms with Crippen LogP contribution in [-0.2, 0) is 9.53 Å². The predicted octanol–water partition coefficient (Wildman–Crippen LogP) is 7.08. The topological polar surface area (TPSA) is 81.1 Å². The van der Waals surface area contributed by atoms with Gasteiger partial charge < -0.3 is 24.2 Å².